The Morgan fingerprint density at radius 2 is 1.79 bits per heavy atom. The SMILES string of the molecule is C=C1C(O)=C(C)C(=O)C(C(C)=O)=C1O. The molecular weight excluding hydrogens is 184 g/mol. The Morgan fingerprint density at radius 3 is 2.21 bits per heavy atom. The molecule has 0 amide bonds. The molecule has 0 fully saturated rings. The van der Waals surface area contributed by atoms with Crippen LogP contribution in [0.15, 0.2) is 34.8 Å². The number of ketones is 2. The maximum Gasteiger partial charge on any atom is 0.199 e. The third kappa shape index (κ3) is 1.25. The molecule has 0 saturated carbocycles. The van der Waals surface area contributed by atoms with Crippen molar-refractivity contribution in [3.63, 3.8) is 0 Å². The van der Waals surface area contributed by atoms with Crippen LogP contribution in [-0.4, -0.2) is 21.8 Å². The second kappa shape index (κ2) is 3.14. The van der Waals surface area contributed by atoms with Gasteiger partial charge in [0.25, 0.3) is 0 Å². The van der Waals surface area contributed by atoms with E-state index in [2.05, 4.69) is 6.58 Å². The smallest absolute Gasteiger partial charge is 0.199 e. The monoisotopic (exact) mass is 194 g/mol. The highest BCUT2D eigenvalue weighted by atomic mass is 16.3. The molecule has 4 heteroatoms. The molecule has 0 aliphatic heterocycles. The summed E-state index contributed by atoms with van der Waals surface area (Å²) in [6.45, 7) is 5.92. The van der Waals surface area contributed by atoms with E-state index in [0.717, 1.165) is 0 Å². The van der Waals surface area contributed by atoms with Gasteiger partial charge in [-0.05, 0) is 13.8 Å². The van der Waals surface area contributed by atoms with Crippen LogP contribution in [0.25, 0.3) is 0 Å². The van der Waals surface area contributed by atoms with Crippen LogP contribution >= 0.6 is 0 Å². The first kappa shape index (κ1) is 10.2. The fourth-order valence-electron chi connectivity index (χ4n) is 1.22. The van der Waals surface area contributed by atoms with Crippen LogP contribution in [0, 0.1) is 0 Å². The molecule has 0 heterocycles. The van der Waals surface area contributed by atoms with Gasteiger partial charge in [0.15, 0.2) is 11.6 Å². The van der Waals surface area contributed by atoms with E-state index in [0.29, 0.717) is 0 Å². The van der Waals surface area contributed by atoms with E-state index in [1.54, 1.807) is 0 Å². The van der Waals surface area contributed by atoms with Gasteiger partial charge in [-0.1, -0.05) is 6.58 Å². The molecule has 1 aliphatic carbocycles. The number of aliphatic hydroxyl groups excluding tert-OH is 2. The Labute approximate surface area is 80.9 Å². The van der Waals surface area contributed by atoms with Gasteiger partial charge < -0.3 is 10.2 Å². The number of allylic oxidation sites excluding steroid dienone is 2. The molecule has 0 aromatic heterocycles. The van der Waals surface area contributed by atoms with E-state index in [4.69, 9.17) is 0 Å². The number of rotatable bonds is 1. The van der Waals surface area contributed by atoms with Crippen LogP contribution in [0.4, 0.5) is 0 Å². The predicted octanol–water partition coefficient (Wildman–Crippen LogP) is 1.36. The van der Waals surface area contributed by atoms with E-state index in [9.17, 15) is 19.8 Å². The summed E-state index contributed by atoms with van der Waals surface area (Å²) in [5.74, 6) is -2.09. The Kier molecular flexibility index (Phi) is 2.30. The number of Topliss-reactive ketones (excluding diaryl/α,β-unsaturated/α-hetero) is 2. The number of aliphatic hydroxyl groups is 2. The molecule has 14 heavy (non-hydrogen) atoms. The number of carbonyl (C=O) groups is 2. The summed E-state index contributed by atoms with van der Waals surface area (Å²) < 4.78 is 0. The summed E-state index contributed by atoms with van der Waals surface area (Å²) in [7, 11) is 0. The largest absolute Gasteiger partial charge is 0.507 e. The number of carbonyl (C=O) groups excluding carboxylic acids is 2. The van der Waals surface area contributed by atoms with Crippen molar-refractivity contribution in [3.8, 4) is 0 Å². The van der Waals surface area contributed by atoms with Gasteiger partial charge in [-0.2, -0.15) is 0 Å². The first-order valence-electron chi connectivity index (χ1n) is 3.96. The Balaban J connectivity index is 3.41. The van der Waals surface area contributed by atoms with Crippen molar-refractivity contribution in [2.24, 2.45) is 0 Å². The molecule has 0 saturated heterocycles. The van der Waals surface area contributed by atoms with Gasteiger partial charge in [0.1, 0.15) is 17.1 Å². The highest BCUT2D eigenvalue weighted by molar-refractivity contribution is 6.27. The lowest BCUT2D eigenvalue weighted by molar-refractivity contribution is -0.119. The lowest BCUT2D eigenvalue weighted by Crippen LogP contribution is -2.21. The average molecular weight is 194 g/mol. The zero-order valence-corrected chi connectivity index (χ0v) is 7.92. The second-order valence-electron chi connectivity index (χ2n) is 3.06. The average Bonchev–Trinajstić information content (AvgIpc) is 2.11. The van der Waals surface area contributed by atoms with Crippen LogP contribution in [0.3, 0.4) is 0 Å². The van der Waals surface area contributed by atoms with Crippen LogP contribution < -0.4 is 0 Å². The first-order valence-corrected chi connectivity index (χ1v) is 3.96. The third-order valence-electron chi connectivity index (χ3n) is 2.08. The van der Waals surface area contributed by atoms with Crippen molar-refractivity contribution >= 4 is 11.6 Å². The maximum absolute atomic E-state index is 11.4. The maximum atomic E-state index is 11.4. The van der Waals surface area contributed by atoms with E-state index < -0.39 is 17.3 Å². The van der Waals surface area contributed by atoms with Crippen molar-refractivity contribution in [1.29, 1.82) is 0 Å². The van der Waals surface area contributed by atoms with Crippen molar-refractivity contribution in [2.45, 2.75) is 13.8 Å². The van der Waals surface area contributed by atoms with Crippen LogP contribution in [0.1, 0.15) is 13.8 Å². The predicted molar refractivity (Wildman–Crippen MR) is 49.8 cm³/mol. The van der Waals surface area contributed by atoms with Gasteiger partial charge in [0, 0.05) is 5.57 Å². The molecule has 0 atom stereocenters. The minimum absolute atomic E-state index is 0.0259. The molecule has 2 N–H and O–H groups in total. The fraction of sp³-hybridized carbons (Fsp3) is 0.200. The second-order valence-corrected chi connectivity index (χ2v) is 3.06. The minimum Gasteiger partial charge on any atom is -0.507 e. The molecule has 4 nitrogen and oxygen atoms in total. The number of hydrogen-bond acceptors (Lipinski definition) is 4. The summed E-state index contributed by atoms with van der Waals surface area (Å²) in [5, 5.41) is 18.8. The first-order chi connectivity index (χ1) is 6.37. The van der Waals surface area contributed by atoms with Crippen LogP contribution in [0.5, 0.6) is 0 Å². The van der Waals surface area contributed by atoms with E-state index in [1.807, 2.05) is 0 Å². The van der Waals surface area contributed by atoms with Crippen molar-refractivity contribution in [2.75, 3.05) is 0 Å². The minimum atomic E-state index is -0.653. The normalized spacial score (nSPS) is 17.9. The Bertz CT molecular complexity index is 410. The van der Waals surface area contributed by atoms with Crippen LogP contribution in [-0.2, 0) is 9.59 Å². The third-order valence-corrected chi connectivity index (χ3v) is 2.08. The van der Waals surface area contributed by atoms with Gasteiger partial charge in [-0.25, -0.2) is 0 Å². The molecule has 0 unspecified atom stereocenters. The molecule has 0 radical (unpaired) electrons. The molecule has 0 aromatic rings. The molecular formula is C10H10O4. The van der Waals surface area contributed by atoms with Gasteiger partial charge in [-0.3, -0.25) is 9.59 Å². The van der Waals surface area contributed by atoms with Crippen molar-refractivity contribution in [1.82, 2.24) is 0 Å². The standard InChI is InChI=1S/C10H10O4/c1-4-8(12)5(2)10(14)7(6(3)11)9(4)13/h12-13H,1H2,2-3H3. The lowest BCUT2D eigenvalue weighted by atomic mass is 9.90. The highest BCUT2D eigenvalue weighted by Crippen LogP contribution is 2.28. The highest BCUT2D eigenvalue weighted by Gasteiger charge is 2.30. The van der Waals surface area contributed by atoms with Crippen molar-refractivity contribution < 1.29 is 19.8 Å². The van der Waals surface area contributed by atoms with Gasteiger partial charge >= 0.3 is 0 Å². The van der Waals surface area contributed by atoms with E-state index in [-0.39, 0.29) is 22.5 Å². The van der Waals surface area contributed by atoms with E-state index in [1.165, 1.54) is 13.8 Å². The van der Waals surface area contributed by atoms with E-state index >= 15 is 0 Å². The van der Waals surface area contributed by atoms with Crippen LogP contribution in [0.2, 0.25) is 0 Å². The van der Waals surface area contributed by atoms with Gasteiger partial charge in [0.2, 0.25) is 0 Å². The van der Waals surface area contributed by atoms with Gasteiger partial charge in [-0.15, -0.1) is 0 Å². The molecule has 0 aromatic carbocycles. The quantitative estimate of drug-likeness (QED) is 0.618. The summed E-state index contributed by atoms with van der Waals surface area (Å²) in [6, 6.07) is 0. The molecule has 0 bridgehead atoms. The summed E-state index contributed by atoms with van der Waals surface area (Å²) in [6.07, 6.45) is 0. The summed E-state index contributed by atoms with van der Waals surface area (Å²) in [5.41, 5.74) is -0.379. The Hall–Kier alpha value is -1.84. The molecule has 1 rings (SSSR count). The fourth-order valence-corrected chi connectivity index (χ4v) is 1.22. The zero-order valence-electron chi connectivity index (χ0n) is 7.92. The number of hydrogen-bond donors (Lipinski definition) is 2. The van der Waals surface area contributed by atoms with Gasteiger partial charge in [0.05, 0.1) is 5.57 Å². The summed E-state index contributed by atoms with van der Waals surface area (Å²) >= 11 is 0. The summed E-state index contributed by atoms with van der Waals surface area (Å²) in [4.78, 5) is 22.5. The zero-order chi connectivity index (χ0) is 11.0. The Morgan fingerprint density at radius 1 is 1.29 bits per heavy atom. The molecule has 0 spiro atoms. The van der Waals surface area contributed by atoms with Crippen molar-refractivity contribution in [3.05, 3.63) is 34.8 Å². The molecule has 1 aliphatic rings. The lowest BCUT2D eigenvalue weighted by Gasteiger charge is -2.16. The topological polar surface area (TPSA) is 74.6 Å². The molecule has 74 valence electrons.